The van der Waals surface area contributed by atoms with Crippen LogP contribution in [0.15, 0.2) is 4.79 Å². The average molecular weight is 281 g/mol. The van der Waals surface area contributed by atoms with Gasteiger partial charge in [-0.1, -0.05) is 13.8 Å². The van der Waals surface area contributed by atoms with E-state index < -0.39 is 11.5 Å². The highest BCUT2D eigenvalue weighted by atomic mass is 16.3. The largest absolute Gasteiger partial charge is 0.394 e. The minimum absolute atomic E-state index is 0.0993. The van der Waals surface area contributed by atoms with Gasteiger partial charge < -0.3 is 10.4 Å². The molecule has 112 valence electrons. The SMILES string of the molecule is Cc1nn(C)c(=O)c(C(=O)NC(CO)CC(C)C)c1C. The van der Waals surface area contributed by atoms with E-state index in [1.807, 2.05) is 13.8 Å². The quantitative estimate of drug-likeness (QED) is 0.824. The van der Waals surface area contributed by atoms with Crippen LogP contribution in [0.3, 0.4) is 0 Å². The number of carbonyl (C=O) groups excluding carboxylic acids is 1. The van der Waals surface area contributed by atoms with Gasteiger partial charge in [-0.2, -0.15) is 5.10 Å². The van der Waals surface area contributed by atoms with Gasteiger partial charge in [0.05, 0.1) is 18.3 Å². The molecule has 1 atom stereocenters. The highest BCUT2D eigenvalue weighted by Crippen LogP contribution is 2.08. The number of aliphatic hydroxyl groups excluding tert-OH is 1. The first kappa shape index (κ1) is 16.4. The van der Waals surface area contributed by atoms with Crippen molar-refractivity contribution < 1.29 is 9.90 Å². The van der Waals surface area contributed by atoms with Crippen molar-refractivity contribution in [3.63, 3.8) is 0 Å². The predicted octanol–water partition coefficient (Wildman–Crippen LogP) is 0.534. The lowest BCUT2D eigenvalue weighted by Crippen LogP contribution is -2.42. The average Bonchev–Trinajstić information content (AvgIpc) is 2.35. The van der Waals surface area contributed by atoms with E-state index in [2.05, 4.69) is 10.4 Å². The van der Waals surface area contributed by atoms with Gasteiger partial charge in [0.1, 0.15) is 5.56 Å². The standard InChI is InChI=1S/C14H23N3O3/c1-8(2)6-11(7-18)15-13(19)12-9(3)10(4)16-17(5)14(12)20/h8,11,18H,6-7H2,1-5H3,(H,15,19). The predicted molar refractivity (Wildman–Crippen MR) is 76.7 cm³/mol. The maximum absolute atomic E-state index is 12.3. The molecule has 1 aromatic rings. The maximum atomic E-state index is 12.3. The third-order valence-electron chi connectivity index (χ3n) is 3.26. The molecule has 1 unspecified atom stereocenters. The zero-order valence-electron chi connectivity index (χ0n) is 12.7. The molecule has 0 radical (unpaired) electrons. The summed E-state index contributed by atoms with van der Waals surface area (Å²) in [6.07, 6.45) is 0.658. The van der Waals surface area contributed by atoms with Gasteiger partial charge in [-0.3, -0.25) is 9.59 Å². The molecule has 1 amide bonds. The third-order valence-corrected chi connectivity index (χ3v) is 3.26. The van der Waals surface area contributed by atoms with E-state index in [-0.39, 0.29) is 18.2 Å². The van der Waals surface area contributed by atoms with Crippen molar-refractivity contribution in [3.05, 3.63) is 27.2 Å². The van der Waals surface area contributed by atoms with Gasteiger partial charge in [0.25, 0.3) is 11.5 Å². The summed E-state index contributed by atoms with van der Waals surface area (Å²) >= 11 is 0. The summed E-state index contributed by atoms with van der Waals surface area (Å²) in [5.74, 6) is -0.108. The highest BCUT2D eigenvalue weighted by Gasteiger charge is 2.21. The molecule has 0 aliphatic carbocycles. The molecule has 1 rings (SSSR count). The van der Waals surface area contributed by atoms with Gasteiger partial charge in [0.15, 0.2) is 0 Å². The summed E-state index contributed by atoms with van der Waals surface area (Å²) in [6, 6.07) is -0.347. The molecule has 2 N–H and O–H groups in total. The lowest BCUT2D eigenvalue weighted by molar-refractivity contribution is 0.0905. The zero-order chi connectivity index (χ0) is 15.4. The number of nitrogens with zero attached hydrogens (tertiary/aromatic N) is 2. The molecule has 0 bridgehead atoms. The van der Waals surface area contributed by atoms with Crippen molar-refractivity contribution in [3.8, 4) is 0 Å². The Balaban J connectivity index is 3.07. The van der Waals surface area contributed by atoms with Gasteiger partial charge in [-0.05, 0) is 31.7 Å². The summed E-state index contributed by atoms with van der Waals surface area (Å²) in [5.41, 5.74) is 0.891. The first-order valence-corrected chi connectivity index (χ1v) is 6.74. The summed E-state index contributed by atoms with van der Waals surface area (Å²) in [4.78, 5) is 24.3. The van der Waals surface area contributed by atoms with Crippen molar-refractivity contribution in [2.45, 2.75) is 40.2 Å². The Hall–Kier alpha value is -1.69. The minimum atomic E-state index is -0.451. The second kappa shape index (κ2) is 6.65. The summed E-state index contributed by atoms with van der Waals surface area (Å²) < 4.78 is 1.16. The second-order valence-electron chi connectivity index (χ2n) is 5.50. The number of hydrogen-bond donors (Lipinski definition) is 2. The molecule has 6 nitrogen and oxygen atoms in total. The molecule has 0 fully saturated rings. The van der Waals surface area contributed by atoms with Gasteiger partial charge in [-0.25, -0.2) is 4.68 Å². The fourth-order valence-electron chi connectivity index (χ4n) is 2.12. The molecular formula is C14H23N3O3. The molecule has 0 spiro atoms. The molecule has 0 aliphatic rings. The lowest BCUT2D eigenvalue weighted by Gasteiger charge is -2.19. The molecule has 1 heterocycles. The Morgan fingerprint density at radius 2 is 2.00 bits per heavy atom. The molecule has 0 aromatic carbocycles. The van der Waals surface area contributed by atoms with Crippen LogP contribution in [0.2, 0.25) is 0 Å². The highest BCUT2D eigenvalue weighted by molar-refractivity contribution is 5.95. The number of amides is 1. The summed E-state index contributed by atoms with van der Waals surface area (Å²) in [6.45, 7) is 7.33. The number of aryl methyl sites for hydroxylation is 2. The first-order chi connectivity index (χ1) is 9.27. The van der Waals surface area contributed by atoms with Crippen LogP contribution in [0.4, 0.5) is 0 Å². The Morgan fingerprint density at radius 1 is 1.40 bits per heavy atom. The van der Waals surface area contributed by atoms with Crippen LogP contribution in [0.1, 0.15) is 41.9 Å². The third kappa shape index (κ3) is 3.66. The zero-order valence-corrected chi connectivity index (χ0v) is 12.7. The topological polar surface area (TPSA) is 84.2 Å². The number of rotatable bonds is 5. The van der Waals surface area contributed by atoms with Crippen LogP contribution in [0, 0.1) is 19.8 Å². The summed E-state index contributed by atoms with van der Waals surface area (Å²) in [5, 5.41) is 16.1. The van der Waals surface area contributed by atoms with Crippen molar-refractivity contribution in [2.24, 2.45) is 13.0 Å². The first-order valence-electron chi connectivity index (χ1n) is 6.74. The molecule has 0 saturated carbocycles. The molecule has 0 aliphatic heterocycles. The number of carbonyl (C=O) groups is 1. The number of aromatic nitrogens is 2. The van der Waals surface area contributed by atoms with E-state index in [4.69, 9.17) is 0 Å². The Bertz CT molecular complexity index is 549. The van der Waals surface area contributed by atoms with Crippen LogP contribution in [0.25, 0.3) is 0 Å². The van der Waals surface area contributed by atoms with Gasteiger partial charge in [-0.15, -0.1) is 0 Å². The fourth-order valence-corrected chi connectivity index (χ4v) is 2.12. The van der Waals surface area contributed by atoms with Crippen molar-refractivity contribution in [2.75, 3.05) is 6.61 Å². The monoisotopic (exact) mass is 281 g/mol. The lowest BCUT2D eigenvalue weighted by atomic mass is 10.0. The number of nitrogens with one attached hydrogen (secondary N) is 1. The van der Waals surface area contributed by atoms with Gasteiger partial charge in [0, 0.05) is 7.05 Å². The van der Waals surface area contributed by atoms with Gasteiger partial charge in [0.2, 0.25) is 0 Å². The second-order valence-corrected chi connectivity index (χ2v) is 5.50. The maximum Gasteiger partial charge on any atom is 0.279 e. The van der Waals surface area contributed by atoms with Crippen LogP contribution in [0.5, 0.6) is 0 Å². The van der Waals surface area contributed by atoms with E-state index >= 15 is 0 Å². The number of hydrogen-bond acceptors (Lipinski definition) is 4. The minimum Gasteiger partial charge on any atom is -0.394 e. The van der Waals surface area contributed by atoms with Crippen LogP contribution in [-0.4, -0.2) is 33.4 Å². The van der Waals surface area contributed by atoms with E-state index in [1.165, 1.54) is 7.05 Å². The van der Waals surface area contributed by atoms with Crippen LogP contribution >= 0.6 is 0 Å². The van der Waals surface area contributed by atoms with Gasteiger partial charge >= 0.3 is 0 Å². The van der Waals surface area contributed by atoms with E-state index in [0.29, 0.717) is 23.6 Å². The van der Waals surface area contributed by atoms with Crippen LogP contribution in [-0.2, 0) is 7.05 Å². The fraction of sp³-hybridized carbons (Fsp3) is 0.643. The molecule has 6 heteroatoms. The van der Waals surface area contributed by atoms with E-state index in [0.717, 1.165) is 4.68 Å². The van der Waals surface area contributed by atoms with E-state index in [1.54, 1.807) is 13.8 Å². The smallest absolute Gasteiger partial charge is 0.279 e. The van der Waals surface area contributed by atoms with Crippen molar-refractivity contribution >= 4 is 5.91 Å². The van der Waals surface area contributed by atoms with Crippen molar-refractivity contribution in [1.29, 1.82) is 0 Å². The normalized spacial score (nSPS) is 12.6. The molecular weight excluding hydrogens is 258 g/mol. The van der Waals surface area contributed by atoms with Crippen molar-refractivity contribution in [1.82, 2.24) is 15.1 Å². The molecule has 0 saturated heterocycles. The Labute approximate surface area is 118 Å². The van der Waals surface area contributed by atoms with Crippen LogP contribution < -0.4 is 10.9 Å². The molecule has 1 aromatic heterocycles. The Kier molecular flexibility index (Phi) is 5.44. The van der Waals surface area contributed by atoms with E-state index in [9.17, 15) is 14.7 Å². The number of aliphatic hydroxyl groups is 1. The molecule has 20 heavy (non-hydrogen) atoms. The summed E-state index contributed by atoms with van der Waals surface area (Å²) in [7, 11) is 1.52. The Morgan fingerprint density at radius 3 is 2.50 bits per heavy atom.